The van der Waals surface area contributed by atoms with Crippen LogP contribution in [0.4, 0.5) is 5.69 Å². The molecule has 9 nitrogen and oxygen atoms in total. The van der Waals surface area contributed by atoms with Gasteiger partial charge in [0.15, 0.2) is 11.3 Å². The van der Waals surface area contributed by atoms with Crippen molar-refractivity contribution in [2.45, 2.75) is 38.2 Å². The average molecular weight is 376 g/mol. The molecule has 9 heteroatoms. The second-order valence-corrected chi connectivity index (χ2v) is 6.23. The zero-order chi connectivity index (χ0) is 19.4. The summed E-state index contributed by atoms with van der Waals surface area (Å²) in [5.41, 5.74) is -0.357. The summed E-state index contributed by atoms with van der Waals surface area (Å²) in [6.45, 7) is -0.160. The molecule has 1 saturated carbocycles. The third kappa shape index (κ3) is 3.86. The van der Waals surface area contributed by atoms with Gasteiger partial charge in [0.25, 0.3) is 0 Å². The van der Waals surface area contributed by atoms with Crippen LogP contribution >= 0.6 is 0 Å². The highest BCUT2D eigenvalue weighted by Crippen LogP contribution is 2.38. The Morgan fingerprint density at radius 3 is 2.56 bits per heavy atom. The van der Waals surface area contributed by atoms with Gasteiger partial charge in [0.2, 0.25) is 0 Å². The van der Waals surface area contributed by atoms with Gasteiger partial charge in [-0.1, -0.05) is 18.0 Å². The van der Waals surface area contributed by atoms with Crippen LogP contribution in [0.15, 0.2) is 22.7 Å². The molecular weight excluding hydrogens is 356 g/mol. The summed E-state index contributed by atoms with van der Waals surface area (Å²) in [4.78, 5) is 23.3. The predicted molar refractivity (Wildman–Crippen MR) is 93.0 cm³/mol. The molecule has 1 fully saturated rings. The summed E-state index contributed by atoms with van der Waals surface area (Å²) >= 11 is 0. The fourth-order valence-electron chi connectivity index (χ4n) is 3.28. The third-order valence-electron chi connectivity index (χ3n) is 4.62. The molecule has 0 bridgehead atoms. The lowest BCUT2D eigenvalue weighted by atomic mass is 10.1. The first-order chi connectivity index (χ1) is 13.0. The summed E-state index contributed by atoms with van der Waals surface area (Å²) in [5.74, 6) is 0.199. The van der Waals surface area contributed by atoms with E-state index in [1.54, 1.807) is 6.07 Å². The lowest BCUT2D eigenvalue weighted by Crippen LogP contribution is -2.11. The molecule has 0 saturated heterocycles. The molecule has 0 N–H and O–H groups in total. The van der Waals surface area contributed by atoms with Crippen molar-refractivity contribution in [3.63, 3.8) is 0 Å². The lowest BCUT2D eigenvalue weighted by Gasteiger charge is -2.11. The highest BCUT2D eigenvalue weighted by molar-refractivity contribution is 5.98. The van der Waals surface area contributed by atoms with Crippen LogP contribution in [0.1, 0.15) is 53.4 Å². The molecule has 1 aromatic carbocycles. The van der Waals surface area contributed by atoms with Crippen molar-refractivity contribution in [3.8, 4) is 11.5 Å². The van der Waals surface area contributed by atoms with Crippen molar-refractivity contribution < 1.29 is 28.5 Å². The first-order valence-corrected chi connectivity index (χ1v) is 8.57. The summed E-state index contributed by atoms with van der Waals surface area (Å²) in [7, 11) is 2.59. The molecule has 1 aliphatic rings. The number of aromatic nitrogens is 1. The van der Waals surface area contributed by atoms with Crippen LogP contribution in [0.5, 0.6) is 11.5 Å². The van der Waals surface area contributed by atoms with E-state index in [0.29, 0.717) is 11.6 Å². The SMILES string of the molecule is COc1ccc(OC)c([N+](=O)[O-])c1C(=O)OCc1cc(C2CCCC2)on1. The molecule has 0 unspecified atom stereocenters. The maximum atomic E-state index is 12.5. The highest BCUT2D eigenvalue weighted by Gasteiger charge is 2.31. The van der Waals surface area contributed by atoms with Gasteiger partial charge in [-0.05, 0) is 25.0 Å². The van der Waals surface area contributed by atoms with Gasteiger partial charge in [0.1, 0.15) is 23.8 Å². The number of rotatable bonds is 7. The van der Waals surface area contributed by atoms with Crippen molar-refractivity contribution in [3.05, 3.63) is 45.3 Å². The van der Waals surface area contributed by atoms with Crippen molar-refractivity contribution in [1.29, 1.82) is 0 Å². The van der Waals surface area contributed by atoms with E-state index in [-0.39, 0.29) is 23.7 Å². The minimum atomic E-state index is -0.900. The van der Waals surface area contributed by atoms with Crippen molar-refractivity contribution in [1.82, 2.24) is 5.16 Å². The van der Waals surface area contributed by atoms with Crippen LogP contribution in [-0.2, 0) is 11.3 Å². The zero-order valence-electron chi connectivity index (χ0n) is 15.1. The van der Waals surface area contributed by atoms with Crippen LogP contribution in [0, 0.1) is 10.1 Å². The monoisotopic (exact) mass is 376 g/mol. The fourth-order valence-corrected chi connectivity index (χ4v) is 3.28. The number of nitro benzene ring substituents is 1. The summed E-state index contributed by atoms with van der Waals surface area (Å²) in [6.07, 6.45) is 4.44. The number of hydrogen-bond acceptors (Lipinski definition) is 8. The van der Waals surface area contributed by atoms with Crippen molar-refractivity contribution in [2.24, 2.45) is 0 Å². The van der Waals surface area contributed by atoms with E-state index < -0.39 is 16.6 Å². The normalized spacial score (nSPS) is 14.1. The molecule has 1 aliphatic carbocycles. The molecule has 144 valence electrons. The molecule has 27 heavy (non-hydrogen) atoms. The number of hydrogen-bond donors (Lipinski definition) is 0. The second-order valence-electron chi connectivity index (χ2n) is 6.23. The number of carbonyl (C=O) groups excluding carboxylic acids is 1. The van der Waals surface area contributed by atoms with Gasteiger partial charge >= 0.3 is 11.7 Å². The first kappa shape index (κ1) is 18.7. The topological polar surface area (TPSA) is 114 Å². The van der Waals surface area contributed by atoms with E-state index >= 15 is 0 Å². The highest BCUT2D eigenvalue weighted by atomic mass is 16.6. The van der Waals surface area contributed by atoms with Gasteiger partial charge in [0.05, 0.1) is 19.1 Å². The Balaban J connectivity index is 1.78. The number of methoxy groups -OCH3 is 2. The molecule has 2 aromatic rings. The Kier molecular flexibility index (Phi) is 5.58. The molecule has 3 rings (SSSR count). The smallest absolute Gasteiger partial charge is 0.349 e. The summed E-state index contributed by atoms with van der Waals surface area (Å²) in [6, 6.07) is 4.54. The van der Waals surface area contributed by atoms with Gasteiger partial charge in [-0.3, -0.25) is 10.1 Å². The third-order valence-corrected chi connectivity index (χ3v) is 4.62. The van der Waals surface area contributed by atoms with Crippen molar-refractivity contribution in [2.75, 3.05) is 14.2 Å². The Labute approximate surface area is 155 Å². The Bertz CT molecular complexity index is 840. The number of benzene rings is 1. The van der Waals surface area contributed by atoms with Gasteiger partial charge in [0, 0.05) is 12.0 Å². The minimum absolute atomic E-state index is 0.0271. The minimum Gasteiger partial charge on any atom is -0.496 e. The first-order valence-electron chi connectivity index (χ1n) is 8.57. The van der Waals surface area contributed by atoms with E-state index in [9.17, 15) is 14.9 Å². The molecule has 0 atom stereocenters. The van der Waals surface area contributed by atoms with Gasteiger partial charge in [-0.25, -0.2) is 4.79 Å². The van der Waals surface area contributed by atoms with Crippen LogP contribution in [0.25, 0.3) is 0 Å². The molecular formula is C18H20N2O7. The Morgan fingerprint density at radius 1 is 1.26 bits per heavy atom. The quantitative estimate of drug-likeness (QED) is 0.409. The van der Waals surface area contributed by atoms with Gasteiger partial charge in [-0.15, -0.1) is 0 Å². The van der Waals surface area contributed by atoms with Gasteiger partial charge in [-0.2, -0.15) is 0 Å². The molecule has 0 aliphatic heterocycles. The molecule has 0 amide bonds. The van der Waals surface area contributed by atoms with E-state index in [4.69, 9.17) is 18.7 Å². The summed E-state index contributed by atoms with van der Waals surface area (Å²) < 4.78 is 20.6. The number of ether oxygens (including phenoxy) is 3. The maximum absolute atomic E-state index is 12.5. The molecule has 0 radical (unpaired) electrons. The zero-order valence-corrected chi connectivity index (χ0v) is 15.1. The summed E-state index contributed by atoms with van der Waals surface area (Å²) in [5, 5.41) is 15.4. The molecule has 0 spiro atoms. The Hall–Kier alpha value is -3.10. The number of esters is 1. The van der Waals surface area contributed by atoms with E-state index in [1.807, 2.05) is 0 Å². The fraction of sp³-hybridized carbons (Fsp3) is 0.444. The average Bonchev–Trinajstić information content (AvgIpc) is 3.36. The maximum Gasteiger partial charge on any atom is 0.349 e. The Morgan fingerprint density at radius 2 is 1.93 bits per heavy atom. The van der Waals surface area contributed by atoms with E-state index in [0.717, 1.165) is 31.4 Å². The van der Waals surface area contributed by atoms with Crippen LogP contribution in [0.2, 0.25) is 0 Å². The van der Waals surface area contributed by atoms with Crippen LogP contribution in [-0.4, -0.2) is 30.3 Å². The number of nitrogens with zero attached hydrogens (tertiary/aromatic N) is 2. The lowest BCUT2D eigenvalue weighted by molar-refractivity contribution is -0.386. The van der Waals surface area contributed by atoms with Crippen molar-refractivity contribution >= 4 is 11.7 Å². The van der Waals surface area contributed by atoms with E-state index in [2.05, 4.69) is 5.16 Å². The molecule has 1 aromatic heterocycles. The second kappa shape index (κ2) is 8.07. The number of carbonyl (C=O) groups is 1. The largest absolute Gasteiger partial charge is 0.496 e. The van der Waals surface area contributed by atoms with Crippen LogP contribution in [0.3, 0.4) is 0 Å². The van der Waals surface area contributed by atoms with Crippen LogP contribution < -0.4 is 9.47 Å². The number of nitro groups is 1. The van der Waals surface area contributed by atoms with E-state index in [1.165, 1.54) is 26.4 Å². The molecule has 1 heterocycles. The standard InChI is InChI=1S/C18H20N2O7/c1-24-13-7-8-14(25-2)17(20(22)23)16(13)18(21)26-10-12-9-15(27-19-12)11-5-3-4-6-11/h7-9,11H,3-6,10H2,1-2H3. The predicted octanol–water partition coefficient (Wildman–Crippen LogP) is 3.61. The van der Waals surface area contributed by atoms with Gasteiger partial charge < -0.3 is 18.7 Å².